The summed E-state index contributed by atoms with van der Waals surface area (Å²) in [5, 5.41) is 0.904. The zero-order chi connectivity index (χ0) is 25.8. The highest BCUT2D eigenvalue weighted by atomic mass is 19.1. The summed E-state index contributed by atoms with van der Waals surface area (Å²) >= 11 is 0. The first kappa shape index (κ1) is 25.1. The minimum atomic E-state index is -0.407. The van der Waals surface area contributed by atoms with Crippen LogP contribution in [0.25, 0.3) is 22.0 Å². The van der Waals surface area contributed by atoms with Crippen molar-refractivity contribution in [1.82, 2.24) is 9.47 Å². The van der Waals surface area contributed by atoms with E-state index in [9.17, 15) is 9.18 Å². The molecule has 3 aromatic carbocycles. The first-order valence-electron chi connectivity index (χ1n) is 12.0. The number of ether oxygens (including phenoxy) is 3. The number of methoxy groups -OCH3 is 2. The minimum absolute atomic E-state index is 0.260. The van der Waals surface area contributed by atoms with Gasteiger partial charge in [0.25, 0.3) is 0 Å². The molecule has 0 bridgehead atoms. The molecule has 0 saturated heterocycles. The summed E-state index contributed by atoms with van der Waals surface area (Å²) in [6.07, 6.45) is 1.56. The van der Waals surface area contributed by atoms with Gasteiger partial charge >= 0.3 is 6.09 Å². The molecule has 0 radical (unpaired) electrons. The fourth-order valence-electron chi connectivity index (χ4n) is 4.40. The maximum Gasteiger partial charge on any atom is 0.415 e. The first-order valence-corrected chi connectivity index (χ1v) is 12.0. The summed E-state index contributed by atoms with van der Waals surface area (Å²) < 4.78 is 32.8. The first-order chi connectivity index (χ1) is 17.4. The largest absolute Gasteiger partial charge is 0.493 e. The molecule has 0 atom stereocenters. The quantitative estimate of drug-likeness (QED) is 0.277. The molecular formula is C29H31FN2O4. The molecule has 0 aliphatic carbocycles. The van der Waals surface area contributed by atoms with E-state index in [1.54, 1.807) is 31.3 Å². The molecule has 4 rings (SSSR count). The van der Waals surface area contributed by atoms with Crippen molar-refractivity contribution in [3.8, 4) is 28.4 Å². The molecule has 188 valence electrons. The van der Waals surface area contributed by atoms with E-state index in [4.69, 9.17) is 14.2 Å². The van der Waals surface area contributed by atoms with Gasteiger partial charge in [0.15, 0.2) is 11.5 Å². The smallest absolute Gasteiger partial charge is 0.415 e. The molecule has 0 aliphatic rings. The molecule has 7 heteroatoms. The topological polar surface area (TPSA) is 52.9 Å². The van der Waals surface area contributed by atoms with Gasteiger partial charge in [-0.1, -0.05) is 12.1 Å². The number of carbonyl (C=O) groups is 1. The Kier molecular flexibility index (Phi) is 7.48. The lowest BCUT2D eigenvalue weighted by molar-refractivity contribution is 0.157. The number of aromatic nitrogens is 1. The fourth-order valence-corrected chi connectivity index (χ4v) is 4.40. The van der Waals surface area contributed by atoms with Crippen molar-refractivity contribution < 1.29 is 23.4 Å². The van der Waals surface area contributed by atoms with Gasteiger partial charge in [-0.25, -0.2) is 9.18 Å². The van der Waals surface area contributed by atoms with Crippen LogP contribution in [0.3, 0.4) is 0 Å². The molecule has 0 fully saturated rings. The monoisotopic (exact) mass is 490 g/mol. The van der Waals surface area contributed by atoms with Gasteiger partial charge in [-0.2, -0.15) is 0 Å². The zero-order valence-corrected chi connectivity index (χ0v) is 21.3. The Morgan fingerprint density at radius 1 is 0.917 bits per heavy atom. The van der Waals surface area contributed by atoms with Crippen molar-refractivity contribution in [3.05, 3.63) is 77.7 Å². The lowest BCUT2D eigenvalue weighted by Gasteiger charge is -2.20. The Morgan fingerprint density at radius 3 is 2.33 bits per heavy atom. The normalized spacial score (nSPS) is 10.9. The summed E-state index contributed by atoms with van der Waals surface area (Å²) in [5.74, 6) is 1.37. The van der Waals surface area contributed by atoms with E-state index in [0.29, 0.717) is 36.9 Å². The van der Waals surface area contributed by atoms with E-state index >= 15 is 0 Å². The van der Waals surface area contributed by atoms with E-state index < -0.39 is 6.09 Å². The number of fused-ring (bicyclic) bond motifs is 1. The summed E-state index contributed by atoms with van der Waals surface area (Å²) in [7, 11) is 3.17. The predicted octanol–water partition coefficient (Wildman–Crippen LogP) is 6.66. The molecule has 1 amide bonds. The molecule has 4 aromatic rings. The van der Waals surface area contributed by atoms with Crippen molar-refractivity contribution in [2.75, 3.05) is 27.3 Å². The standard InChI is InChI=1S/C29H31FN2O4/c1-6-31(7-2)29(33)36-26-13-11-24-23(28(26)20-9-12-25(34-4)27(17-20)35-5)14-15-32(24)18-21-16-22(30)10-8-19(21)3/h8-17H,6-7,18H2,1-5H3. The van der Waals surface area contributed by atoms with Gasteiger partial charge in [0.2, 0.25) is 0 Å². The second kappa shape index (κ2) is 10.7. The van der Waals surface area contributed by atoms with Gasteiger partial charge < -0.3 is 23.7 Å². The molecule has 1 aromatic heterocycles. The number of amides is 1. The third-order valence-electron chi connectivity index (χ3n) is 6.46. The average molecular weight is 491 g/mol. The van der Waals surface area contributed by atoms with Gasteiger partial charge in [-0.15, -0.1) is 0 Å². The lowest BCUT2D eigenvalue weighted by atomic mass is 9.99. The van der Waals surface area contributed by atoms with Crippen LogP contribution < -0.4 is 14.2 Å². The van der Waals surface area contributed by atoms with Gasteiger partial charge in [-0.3, -0.25) is 0 Å². The van der Waals surface area contributed by atoms with Crippen molar-refractivity contribution in [3.63, 3.8) is 0 Å². The fraction of sp³-hybridized carbons (Fsp3) is 0.276. The third kappa shape index (κ3) is 4.87. The van der Waals surface area contributed by atoms with Gasteiger partial charge in [0.1, 0.15) is 11.6 Å². The highest BCUT2D eigenvalue weighted by Crippen LogP contribution is 2.41. The number of nitrogens with zero attached hydrogens (tertiary/aromatic N) is 2. The number of aryl methyl sites for hydroxylation is 1. The molecule has 0 N–H and O–H groups in total. The van der Waals surface area contributed by atoms with E-state index in [0.717, 1.165) is 33.2 Å². The van der Waals surface area contributed by atoms with Crippen molar-refractivity contribution in [2.45, 2.75) is 27.3 Å². The molecule has 0 aliphatic heterocycles. The van der Waals surface area contributed by atoms with Crippen LogP contribution in [-0.2, 0) is 6.54 Å². The van der Waals surface area contributed by atoms with Crippen LogP contribution in [0.2, 0.25) is 0 Å². The second-order valence-corrected chi connectivity index (χ2v) is 8.50. The third-order valence-corrected chi connectivity index (χ3v) is 6.46. The molecule has 0 spiro atoms. The second-order valence-electron chi connectivity index (χ2n) is 8.50. The molecule has 1 heterocycles. The van der Waals surface area contributed by atoms with E-state index in [-0.39, 0.29) is 5.82 Å². The molecule has 6 nitrogen and oxygen atoms in total. The number of benzene rings is 3. The Labute approximate surface area is 210 Å². The SMILES string of the molecule is CCN(CC)C(=O)Oc1ccc2c(ccn2Cc2cc(F)ccc2C)c1-c1ccc(OC)c(OC)c1. The van der Waals surface area contributed by atoms with E-state index in [1.165, 1.54) is 6.07 Å². The highest BCUT2D eigenvalue weighted by Gasteiger charge is 2.20. The predicted molar refractivity (Wildman–Crippen MR) is 140 cm³/mol. The number of rotatable bonds is 8. The van der Waals surface area contributed by atoms with Crippen molar-refractivity contribution in [2.24, 2.45) is 0 Å². The van der Waals surface area contributed by atoms with Gasteiger partial charge in [-0.05, 0) is 79.9 Å². The highest BCUT2D eigenvalue weighted by molar-refractivity contribution is 6.00. The summed E-state index contributed by atoms with van der Waals surface area (Å²) in [5.41, 5.74) is 4.44. The molecule has 0 saturated carbocycles. The Morgan fingerprint density at radius 2 is 1.64 bits per heavy atom. The Hall–Kier alpha value is -4.00. The Balaban J connectivity index is 1.86. The maximum absolute atomic E-state index is 13.9. The molecular weight excluding hydrogens is 459 g/mol. The van der Waals surface area contributed by atoms with Crippen LogP contribution in [0.5, 0.6) is 17.2 Å². The summed E-state index contributed by atoms with van der Waals surface area (Å²) in [4.78, 5) is 14.5. The Bertz CT molecular complexity index is 1390. The molecule has 0 unspecified atom stereocenters. The van der Waals surface area contributed by atoms with E-state index in [1.807, 2.05) is 63.4 Å². The lowest BCUT2D eigenvalue weighted by Crippen LogP contribution is -2.33. The number of hydrogen-bond donors (Lipinski definition) is 0. The van der Waals surface area contributed by atoms with Gasteiger partial charge in [0.05, 0.1) is 14.2 Å². The number of carbonyl (C=O) groups excluding carboxylic acids is 1. The maximum atomic E-state index is 13.9. The van der Waals surface area contributed by atoms with Crippen LogP contribution in [-0.4, -0.2) is 42.9 Å². The van der Waals surface area contributed by atoms with Crippen LogP contribution in [0.4, 0.5) is 9.18 Å². The van der Waals surface area contributed by atoms with E-state index in [2.05, 4.69) is 4.57 Å². The van der Waals surface area contributed by atoms with Crippen molar-refractivity contribution in [1.29, 1.82) is 0 Å². The van der Waals surface area contributed by atoms with Crippen molar-refractivity contribution >= 4 is 17.0 Å². The van der Waals surface area contributed by atoms with Gasteiger partial charge in [0, 0.05) is 42.3 Å². The average Bonchev–Trinajstić information content (AvgIpc) is 3.29. The van der Waals surface area contributed by atoms with Crippen LogP contribution in [0.15, 0.2) is 60.8 Å². The van der Waals surface area contributed by atoms with Crippen LogP contribution >= 0.6 is 0 Å². The number of halogens is 1. The summed E-state index contributed by atoms with van der Waals surface area (Å²) in [6, 6.07) is 16.2. The summed E-state index contributed by atoms with van der Waals surface area (Å²) in [6.45, 7) is 7.41. The zero-order valence-electron chi connectivity index (χ0n) is 21.3. The van der Waals surface area contributed by atoms with Crippen LogP contribution in [0, 0.1) is 12.7 Å². The molecule has 36 heavy (non-hydrogen) atoms. The van der Waals surface area contributed by atoms with Crippen LogP contribution in [0.1, 0.15) is 25.0 Å². The minimum Gasteiger partial charge on any atom is -0.493 e. The number of hydrogen-bond acceptors (Lipinski definition) is 4.